The van der Waals surface area contributed by atoms with Crippen molar-refractivity contribution >= 4 is 0 Å². The molecule has 1 aliphatic heterocycles. The molecular formula is C18H27NO3. The van der Waals surface area contributed by atoms with Crippen LogP contribution in [-0.4, -0.2) is 37.5 Å². The fraction of sp³-hybridized carbons (Fsp3) is 0.667. The minimum absolute atomic E-state index is 0.144. The Balaban J connectivity index is 1.57. The number of methoxy groups -OCH3 is 1. The number of benzene rings is 1. The zero-order valence-corrected chi connectivity index (χ0v) is 13.7. The molecule has 122 valence electrons. The van der Waals surface area contributed by atoms with Crippen LogP contribution in [0.2, 0.25) is 0 Å². The molecule has 2 fully saturated rings. The Morgan fingerprint density at radius 2 is 2.09 bits per heavy atom. The molecule has 0 aromatic heterocycles. The van der Waals surface area contributed by atoms with Gasteiger partial charge in [-0.2, -0.15) is 0 Å². The Labute approximate surface area is 132 Å². The molecule has 0 amide bonds. The van der Waals surface area contributed by atoms with Crippen LogP contribution in [0.3, 0.4) is 0 Å². The van der Waals surface area contributed by atoms with Gasteiger partial charge in [0.25, 0.3) is 0 Å². The smallest absolute Gasteiger partial charge is 0.118 e. The first kappa shape index (κ1) is 15.8. The molecule has 22 heavy (non-hydrogen) atoms. The van der Waals surface area contributed by atoms with Gasteiger partial charge in [-0.1, -0.05) is 26.0 Å². The van der Waals surface area contributed by atoms with E-state index in [1.807, 2.05) is 24.3 Å². The van der Waals surface area contributed by atoms with Gasteiger partial charge < -0.3 is 19.9 Å². The first-order chi connectivity index (χ1) is 10.5. The summed E-state index contributed by atoms with van der Waals surface area (Å²) in [6.45, 7) is 5.99. The summed E-state index contributed by atoms with van der Waals surface area (Å²) < 4.78 is 11.1. The number of fused-ring (bicyclic) bond motifs is 1. The maximum atomic E-state index is 10.4. The Hall–Kier alpha value is -1.10. The SMILES string of the molecule is COc1ccc(C(O)CNC2C3CCCOC3C2(C)C)cc1. The van der Waals surface area contributed by atoms with Gasteiger partial charge >= 0.3 is 0 Å². The van der Waals surface area contributed by atoms with Crippen molar-refractivity contribution in [2.75, 3.05) is 20.3 Å². The van der Waals surface area contributed by atoms with E-state index in [4.69, 9.17) is 9.47 Å². The molecule has 2 N–H and O–H groups in total. The molecule has 4 heteroatoms. The average molecular weight is 305 g/mol. The van der Waals surface area contributed by atoms with Crippen LogP contribution < -0.4 is 10.1 Å². The topological polar surface area (TPSA) is 50.7 Å². The van der Waals surface area contributed by atoms with Crippen LogP contribution in [0, 0.1) is 11.3 Å². The molecule has 1 saturated carbocycles. The van der Waals surface area contributed by atoms with Crippen molar-refractivity contribution in [2.24, 2.45) is 11.3 Å². The lowest BCUT2D eigenvalue weighted by Gasteiger charge is -2.60. The summed E-state index contributed by atoms with van der Waals surface area (Å²) in [6.07, 6.45) is 2.25. The predicted molar refractivity (Wildman–Crippen MR) is 86.0 cm³/mol. The average Bonchev–Trinajstić information content (AvgIpc) is 2.54. The van der Waals surface area contributed by atoms with Gasteiger partial charge in [0.2, 0.25) is 0 Å². The molecule has 1 aromatic carbocycles. The molecule has 4 unspecified atom stereocenters. The minimum atomic E-state index is -0.495. The molecule has 0 bridgehead atoms. The summed E-state index contributed by atoms with van der Waals surface area (Å²) in [4.78, 5) is 0. The van der Waals surface area contributed by atoms with Gasteiger partial charge in [-0.3, -0.25) is 0 Å². The highest BCUT2D eigenvalue weighted by Crippen LogP contribution is 2.51. The van der Waals surface area contributed by atoms with Crippen molar-refractivity contribution in [2.45, 2.75) is 44.9 Å². The summed E-state index contributed by atoms with van der Waals surface area (Å²) in [6, 6.07) is 8.03. The van der Waals surface area contributed by atoms with Gasteiger partial charge in [0.15, 0.2) is 0 Å². The third kappa shape index (κ3) is 2.75. The van der Waals surface area contributed by atoms with E-state index in [2.05, 4.69) is 19.2 Å². The largest absolute Gasteiger partial charge is 0.497 e. The summed E-state index contributed by atoms with van der Waals surface area (Å²) in [5, 5.41) is 14.0. The maximum absolute atomic E-state index is 10.4. The number of rotatable bonds is 5. The first-order valence-electron chi connectivity index (χ1n) is 8.21. The normalized spacial score (nSPS) is 31.0. The highest BCUT2D eigenvalue weighted by atomic mass is 16.5. The van der Waals surface area contributed by atoms with E-state index < -0.39 is 6.10 Å². The van der Waals surface area contributed by atoms with E-state index in [9.17, 15) is 5.11 Å². The molecular weight excluding hydrogens is 278 g/mol. The Bertz CT molecular complexity index is 500. The lowest BCUT2D eigenvalue weighted by atomic mass is 9.55. The van der Waals surface area contributed by atoms with E-state index in [1.165, 1.54) is 6.42 Å². The van der Waals surface area contributed by atoms with Gasteiger partial charge in [0.1, 0.15) is 5.75 Å². The number of aliphatic hydroxyl groups is 1. The molecule has 4 nitrogen and oxygen atoms in total. The Morgan fingerprint density at radius 1 is 1.36 bits per heavy atom. The zero-order valence-electron chi connectivity index (χ0n) is 13.7. The van der Waals surface area contributed by atoms with Gasteiger partial charge in [-0.25, -0.2) is 0 Å². The monoisotopic (exact) mass is 305 g/mol. The van der Waals surface area contributed by atoms with E-state index >= 15 is 0 Å². The zero-order chi connectivity index (χ0) is 15.7. The summed E-state index contributed by atoms with van der Waals surface area (Å²) in [7, 11) is 1.65. The van der Waals surface area contributed by atoms with Crippen LogP contribution in [0.25, 0.3) is 0 Å². The Morgan fingerprint density at radius 3 is 2.77 bits per heavy atom. The minimum Gasteiger partial charge on any atom is -0.497 e. The summed E-state index contributed by atoms with van der Waals surface area (Å²) >= 11 is 0. The Kier molecular flexibility index (Phi) is 4.44. The second-order valence-electron chi connectivity index (χ2n) is 7.09. The second-order valence-corrected chi connectivity index (χ2v) is 7.09. The molecule has 4 atom stereocenters. The van der Waals surface area contributed by atoms with E-state index in [1.54, 1.807) is 7.11 Å². The van der Waals surface area contributed by atoms with Crippen LogP contribution in [0.4, 0.5) is 0 Å². The molecule has 3 rings (SSSR count). The lowest BCUT2D eigenvalue weighted by molar-refractivity contribution is -0.193. The van der Waals surface area contributed by atoms with Crippen LogP contribution in [-0.2, 0) is 4.74 Å². The molecule has 1 saturated heterocycles. The van der Waals surface area contributed by atoms with Gasteiger partial charge in [0, 0.05) is 30.5 Å². The van der Waals surface area contributed by atoms with E-state index in [0.717, 1.165) is 24.3 Å². The van der Waals surface area contributed by atoms with E-state index in [-0.39, 0.29) is 5.41 Å². The molecule has 0 spiro atoms. The molecule has 1 aliphatic carbocycles. The molecule has 1 aromatic rings. The molecule has 1 heterocycles. The van der Waals surface area contributed by atoms with Crippen LogP contribution in [0.1, 0.15) is 38.4 Å². The van der Waals surface area contributed by atoms with Crippen molar-refractivity contribution in [1.29, 1.82) is 0 Å². The maximum Gasteiger partial charge on any atom is 0.118 e. The highest BCUT2D eigenvalue weighted by Gasteiger charge is 2.57. The van der Waals surface area contributed by atoms with Crippen LogP contribution >= 0.6 is 0 Å². The predicted octanol–water partition coefficient (Wildman–Crippen LogP) is 2.52. The van der Waals surface area contributed by atoms with Crippen molar-refractivity contribution in [3.05, 3.63) is 29.8 Å². The van der Waals surface area contributed by atoms with Crippen LogP contribution in [0.15, 0.2) is 24.3 Å². The number of aliphatic hydroxyl groups excluding tert-OH is 1. The van der Waals surface area contributed by atoms with Crippen molar-refractivity contribution in [1.82, 2.24) is 5.32 Å². The molecule has 0 radical (unpaired) electrons. The fourth-order valence-electron chi connectivity index (χ4n) is 4.12. The molecule has 2 aliphatic rings. The third-order valence-corrected chi connectivity index (χ3v) is 5.36. The standard InChI is InChI=1S/C18H27NO3/c1-18(2)16(14-5-4-10-22-17(14)18)19-11-15(20)12-6-8-13(21-3)9-7-12/h6-9,14-17,19-20H,4-5,10-11H2,1-3H3. The second kappa shape index (κ2) is 6.19. The van der Waals surface area contributed by atoms with Crippen molar-refractivity contribution < 1.29 is 14.6 Å². The number of hydrogen-bond acceptors (Lipinski definition) is 4. The number of hydrogen-bond donors (Lipinski definition) is 2. The van der Waals surface area contributed by atoms with Crippen LogP contribution in [0.5, 0.6) is 5.75 Å². The quantitative estimate of drug-likeness (QED) is 0.878. The number of ether oxygens (including phenoxy) is 2. The van der Waals surface area contributed by atoms with Gasteiger partial charge in [0.05, 0.1) is 19.3 Å². The van der Waals surface area contributed by atoms with Gasteiger partial charge in [-0.05, 0) is 30.5 Å². The fourth-order valence-corrected chi connectivity index (χ4v) is 4.12. The van der Waals surface area contributed by atoms with Gasteiger partial charge in [-0.15, -0.1) is 0 Å². The first-order valence-corrected chi connectivity index (χ1v) is 8.21. The highest BCUT2D eigenvalue weighted by molar-refractivity contribution is 5.28. The number of nitrogens with one attached hydrogen (secondary N) is 1. The lowest BCUT2D eigenvalue weighted by Crippen LogP contribution is -2.69. The van der Waals surface area contributed by atoms with Crippen molar-refractivity contribution in [3.8, 4) is 5.75 Å². The third-order valence-electron chi connectivity index (χ3n) is 5.36. The van der Waals surface area contributed by atoms with Crippen molar-refractivity contribution in [3.63, 3.8) is 0 Å². The summed E-state index contributed by atoms with van der Waals surface area (Å²) in [5.41, 5.74) is 1.06. The van der Waals surface area contributed by atoms with E-state index in [0.29, 0.717) is 24.6 Å². The summed E-state index contributed by atoms with van der Waals surface area (Å²) in [5.74, 6) is 1.40.